The minimum absolute atomic E-state index is 0.223. The number of carbonyl (C=O) groups is 1. The molecule has 1 aliphatic heterocycles. The molecule has 0 N–H and O–H groups in total. The zero-order valence-corrected chi connectivity index (χ0v) is 15.6. The Kier molecular flexibility index (Phi) is 5.22. The summed E-state index contributed by atoms with van der Waals surface area (Å²) in [4.78, 5) is 16.6. The second kappa shape index (κ2) is 8.11. The van der Waals surface area contributed by atoms with Gasteiger partial charge in [0.05, 0.1) is 0 Å². The van der Waals surface area contributed by atoms with Gasteiger partial charge in [-0.25, -0.2) is 9.79 Å². The molecule has 0 unspecified atom stereocenters. The van der Waals surface area contributed by atoms with Crippen molar-refractivity contribution in [2.75, 3.05) is 0 Å². The maximum absolute atomic E-state index is 12.2. The number of nitrogens with zero attached hydrogens (tertiary/aromatic N) is 1. The Bertz CT molecular complexity index is 1060. The molecule has 0 aromatic heterocycles. The Morgan fingerprint density at radius 2 is 1.64 bits per heavy atom. The lowest BCUT2D eigenvalue weighted by atomic mass is 10.1. The fourth-order valence-electron chi connectivity index (χ4n) is 2.74. The van der Waals surface area contributed by atoms with E-state index in [1.165, 1.54) is 0 Å². The monoisotopic (exact) mass is 389 g/mol. The van der Waals surface area contributed by atoms with Crippen LogP contribution >= 0.6 is 11.6 Å². The number of carbonyl (C=O) groups excluding carboxylic acids is 1. The van der Waals surface area contributed by atoms with Crippen molar-refractivity contribution in [1.82, 2.24) is 0 Å². The Hall–Kier alpha value is -3.37. The van der Waals surface area contributed by atoms with Crippen LogP contribution in [-0.4, -0.2) is 11.9 Å². The quantitative estimate of drug-likeness (QED) is 0.441. The summed E-state index contributed by atoms with van der Waals surface area (Å²) in [6.45, 7) is 0.435. The smallest absolute Gasteiger partial charge is 0.363 e. The number of para-hydroxylation sites is 1. The Morgan fingerprint density at radius 1 is 0.929 bits per heavy atom. The van der Waals surface area contributed by atoms with Crippen molar-refractivity contribution in [1.29, 1.82) is 0 Å². The minimum Gasteiger partial charge on any atom is -0.488 e. The van der Waals surface area contributed by atoms with Crippen LogP contribution in [0.15, 0.2) is 89.6 Å². The number of halogens is 1. The van der Waals surface area contributed by atoms with E-state index < -0.39 is 5.97 Å². The first-order valence-electron chi connectivity index (χ1n) is 8.73. The van der Waals surface area contributed by atoms with E-state index in [0.717, 1.165) is 11.1 Å². The highest BCUT2D eigenvalue weighted by Gasteiger charge is 2.24. The van der Waals surface area contributed by atoms with E-state index in [4.69, 9.17) is 21.1 Å². The van der Waals surface area contributed by atoms with Gasteiger partial charge in [-0.3, -0.25) is 0 Å². The van der Waals surface area contributed by atoms with Crippen molar-refractivity contribution in [2.45, 2.75) is 6.61 Å². The minimum atomic E-state index is -0.497. The number of benzene rings is 3. The first-order chi connectivity index (χ1) is 13.7. The maximum atomic E-state index is 12.2. The van der Waals surface area contributed by atoms with E-state index in [9.17, 15) is 4.79 Å². The van der Waals surface area contributed by atoms with Crippen LogP contribution in [0.2, 0.25) is 5.02 Å². The second-order valence-electron chi connectivity index (χ2n) is 6.16. The van der Waals surface area contributed by atoms with Crippen LogP contribution in [-0.2, 0) is 16.1 Å². The molecule has 0 atom stereocenters. The first-order valence-corrected chi connectivity index (χ1v) is 9.11. The number of esters is 1. The highest BCUT2D eigenvalue weighted by atomic mass is 35.5. The summed E-state index contributed by atoms with van der Waals surface area (Å²) in [5.41, 5.74) is 2.73. The predicted octanol–water partition coefficient (Wildman–Crippen LogP) is 5.26. The largest absolute Gasteiger partial charge is 0.488 e. The van der Waals surface area contributed by atoms with E-state index in [1.54, 1.807) is 30.3 Å². The Balaban J connectivity index is 1.58. The number of rotatable bonds is 5. The third kappa shape index (κ3) is 4.13. The van der Waals surface area contributed by atoms with Crippen molar-refractivity contribution >= 4 is 29.5 Å². The molecule has 0 bridgehead atoms. The fourth-order valence-corrected chi connectivity index (χ4v) is 2.86. The Morgan fingerprint density at radius 3 is 2.43 bits per heavy atom. The predicted molar refractivity (Wildman–Crippen MR) is 109 cm³/mol. The van der Waals surface area contributed by atoms with Crippen molar-refractivity contribution < 1.29 is 14.3 Å². The van der Waals surface area contributed by atoms with Crippen LogP contribution in [0.25, 0.3) is 6.08 Å². The lowest BCUT2D eigenvalue weighted by Gasteiger charge is -2.09. The summed E-state index contributed by atoms with van der Waals surface area (Å²) in [7, 11) is 0. The summed E-state index contributed by atoms with van der Waals surface area (Å²) < 4.78 is 11.2. The van der Waals surface area contributed by atoms with Crippen LogP contribution in [0.1, 0.15) is 16.7 Å². The summed E-state index contributed by atoms with van der Waals surface area (Å²) in [6, 6.07) is 24.4. The summed E-state index contributed by atoms with van der Waals surface area (Å²) >= 11 is 5.90. The average molecular weight is 390 g/mol. The number of cyclic esters (lactones) is 1. The van der Waals surface area contributed by atoms with Gasteiger partial charge in [-0.15, -0.1) is 0 Å². The third-order valence-electron chi connectivity index (χ3n) is 4.16. The standard InChI is InChI=1S/C23H16ClNO3/c24-19-12-10-17(11-13-19)22-25-20(23(26)28-22)14-18-8-4-5-9-21(18)27-15-16-6-2-1-3-7-16/h1-14H,15H2/b20-14-. The number of hydrogen-bond acceptors (Lipinski definition) is 4. The van der Waals surface area contributed by atoms with Gasteiger partial charge in [0.2, 0.25) is 5.90 Å². The van der Waals surface area contributed by atoms with Crippen LogP contribution in [0.5, 0.6) is 5.75 Å². The number of hydrogen-bond donors (Lipinski definition) is 0. The molecule has 0 saturated carbocycles. The molecule has 0 fully saturated rings. The van der Waals surface area contributed by atoms with Gasteiger partial charge < -0.3 is 9.47 Å². The molecule has 138 valence electrons. The summed E-state index contributed by atoms with van der Waals surface area (Å²) in [5, 5.41) is 0.605. The molecule has 0 radical (unpaired) electrons. The molecule has 4 nitrogen and oxygen atoms in total. The molecule has 1 aliphatic rings. The van der Waals surface area contributed by atoms with Gasteiger partial charge >= 0.3 is 5.97 Å². The molecule has 0 amide bonds. The van der Waals surface area contributed by atoms with Gasteiger partial charge in [-0.1, -0.05) is 60.1 Å². The van der Waals surface area contributed by atoms with Gasteiger partial charge in [0.1, 0.15) is 12.4 Å². The SMILES string of the molecule is O=C1OC(c2ccc(Cl)cc2)=N/C1=C\c1ccccc1OCc1ccccc1. The van der Waals surface area contributed by atoms with Crippen molar-refractivity contribution in [2.24, 2.45) is 4.99 Å². The zero-order chi connectivity index (χ0) is 19.3. The Labute approximate surface area is 167 Å². The van der Waals surface area contributed by atoms with Gasteiger partial charge in [0, 0.05) is 16.1 Å². The molecular formula is C23H16ClNO3. The average Bonchev–Trinajstić information content (AvgIpc) is 3.09. The molecule has 1 heterocycles. The van der Waals surface area contributed by atoms with E-state index in [0.29, 0.717) is 22.9 Å². The molecular weight excluding hydrogens is 374 g/mol. The highest BCUT2D eigenvalue weighted by molar-refractivity contribution is 6.30. The molecule has 0 spiro atoms. The molecule has 3 aromatic rings. The van der Waals surface area contributed by atoms with E-state index >= 15 is 0 Å². The second-order valence-corrected chi connectivity index (χ2v) is 6.59. The summed E-state index contributed by atoms with van der Waals surface area (Å²) in [6.07, 6.45) is 1.67. The van der Waals surface area contributed by atoms with Crippen LogP contribution in [0, 0.1) is 0 Å². The lowest BCUT2D eigenvalue weighted by molar-refractivity contribution is -0.129. The van der Waals surface area contributed by atoms with E-state index in [1.807, 2.05) is 54.6 Å². The number of aliphatic imine (C=N–C) groups is 1. The van der Waals surface area contributed by atoms with Crippen LogP contribution in [0.4, 0.5) is 0 Å². The van der Waals surface area contributed by atoms with E-state index in [2.05, 4.69) is 4.99 Å². The van der Waals surface area contributed by atoms with E-state index in [-0.39, 0.29) is 11.6 Å². The number of ether oxygens (including phenoxy) is 2. The molecule has 4 rings (SSSR count). The summed E-state index contributed by atoms with van der Waals surface area (Å²) in [5.74, 6) is 0.431. The molecule has 0 aliphatic carbocycles. The van der Waals surface area contributed by atoms with Crippen LogP contribution < -0.4 is 4.74 Å². The third-order valence-corrected chi connectivity index (χ3v) is 4.41. The molecule has 0 saturated heterocycles. The zero-order valence-electron chi connectivity index (χ0n) is 14.8. The topological polar surface area (TPSA) is 47.9 Å². The molecule has 28 heavy (non-hydrogen) atoms. The highest BCUT2D eigenvalue weighted by Crippen LogP contribution is 2.25. The van der Waals surface area contributed by atoms with Crippen molar-refractivity contribution in [3.05, 3.63) is 106 Å². The molecule has 5 heteroatoms. The van der Waals surface area contributed by atoms with Gasteiger partial charge in [-0.2, -0.15) is 0 Å². The maximum Gasteiger partial charge on any atom is 0.363 e. The molecule has 3 aromatic carbocycles. The first kappa shape index (κ1) is 18.0. The van der Waals surface area contributed by atoms with Crippen molar-refractivity contribution in [3.8, 4) is 5.75 Å². The normalized spacial score (nSPS) is 14.7. The van der Waals surface area contributed by atoms with Crippen molar-refractivity contribution in [3.63, 3.8) is 0 Å². The van der Waals surface area contributed by atoms with Gasteiger partial charge in [0.15, 0.2) is 5.70 Å². The fraction of sp³-hybridized carbons (Fsp3) is 0.0435. The van der Waals surface area contributed by atoms with Gasteiger partial charge in [0.25, 0.3) is 0 Å². The van der Waals surface area contributed by atoms with Gasteiger partial charge in [-0.05, 0) is 42.0 Å². The van der Waals surface area contributed by atoms with Crippen LogP contribution in [0.3, 0.4) is 0 Å². The lowest BCUT2D eigenvalue weighted by Crippen LogP contribution is -2.05.